The van der Waals surface area contributed by atoms with E-state index in [9.17, 15) is 4.79 Å². The molecule has 0 N–H and O–H groups in total. The van der Waals surface area contributed by atoms with Crippen LogP contribution in [0.5, 0.6) is 5.75 Å². The van der Waals surface area contributed by atoms with E-state index in [0.29, 0.717) is 39.5 Å². The highest BCUT2D eigenvalue weighted by molar-refractivity contribution is 6.38. The highest BCUT2D eigenvalue weighted by Crippen LogP contribution is 2.33. The first kappa shape index (κ1) is 13.6. The Kier molecular flexibility index (Phi) is 3.90. The molecule has 0 spiro atoms. The monoisotopic (exact) mass is 279 g/mol. The van der Waals surface area contributed by atoms with Gasteiger partial charge in [-0.25, -0.2) is 9.78 Å². The zero-order chi connectivity index (χ0) is 14.0. The molecule has 100 valence electrons. The summed E-state index contributed by atoms with van der Waals surface area (Å²) >= 11 is 6.31. The molecule has 0 bridgehead atoms. The van der Waals surface area contributed by atoms with Crippen LogP contribution in [0.25, 0.3) is 10.9 Å². The maximum Gasteiger partial charge on any atom is 0.341 e. The van der Waals surface area contributed by atoms with Gasteiger partial charge >= 0.3 is 5.97 Å². The van der Waals surface area contributed by atoms with Gasteiger partial charge in [-0.05, 0) is 19.9 Å². The Hall–Kier alpha value is -1.81. The van der Waals surface area contributed by atoms with E-state index in [1.54, 1.807) is 39.2 Å². The van der Waals surface area contributed by atoms with E-state index in [1.165, 1.54) is 0 Å². The molecule has 0 aliphatic carbocycles. The summed E-state index contributed by atoms with van der Waals surface area (Å²) in [6, 6.07) is 5.41. The van der Waals surface area contributed by atoms with Crippen LogP contribution in [0.1, 0.15) is 23.0 Å². The van der Waals surface area contributed by atoms with E-state index in [0.717, 1.165) is 0 Å². The third-order valence-electron chi connectivity index (χ3n) is 2.80. The number of hydrogen-bond donors (Lipinski definition) is 0. The molecule has 0 saturated heterocycles. The summed E-state index contributed by atoms with van der Waals surface area (Å²) in [5, 5.41) is 1.02. The molecular weight excluding hydrogens is 266 g/mol. The number of fused-ring (bicyclic) bond motifs is 1. The number of nitrogens with zero attached hydrogens (tertiary/aromatic N) is 1. The number of para-hydroxylation sites is 1. The van der Waals surface area contributed by atoms with Crippen LogP contribution in [0, 0.1) is 6.92 Å². The number of aryl methyl sites for hydroxylation is 1. The van der Waals surface area contributed by atoms with Gasteiger partial charge in [0.05, 0.1) is 24.4 Å². The summed E-state index contributed by atoms with van der Waals surface area (Å²) in [6.45, 7) is 3.77. The summed E-state index contributed by atoms with van der Waals surface area (Å²) in [5.41, 5.74) is 1.48. The molecule has 1 aromatic heterocycles. The van der Waals surface area contributed by atoms with Crippen LogP contribution in [0.2, 0.25) is 5.02 Å². The minimum atomic E-state index is -0.456. The molecule has 0 amide bonds. The summed E-state index contributed by atoms with van der Waals surface area (Å²) in [7, 11) is 1.57. The number of ether oxygens (including phenoxy) is 2. The molecule has 0 atom stereocenters. The van der Waals surface area contributed by atoms with Gasteiger partial charge in [0, 0.05) is 5.39 Å². The summed E-state index contributed by atoms with van der Waals surface area (Å²) < 4.78 is 10.2. The average molecular weight is 280 g/mol. The van der Waals surface area contributed by atoms with Crippen molar-refractivity contribution >= 4 is 28.5 Å². The lowest BCUT2D eigenvalue weighted by Gasteiger charge is -2.11. The molecule has 4 nitrogen and oxygen atoms in total. The first-order valence-electron chi connectivity index (χ1n) is 5.90. The largest absolute Gasteiger partial charge is 0.494 e. The lowest BCUT2D eigenvalue weighted by Crippen LogP contribution is -2.09. The van der Waals surface area contributed by atoms with Gasteiger partial charge in [0.2, 0.25) is 0 Å². The van der Waals surface area contributed by atoms with E-state index >= 15 is 0 Å². The molecular formula is C14H14ClNO3. The summed E-state index contributed by atoms with van der Waals surface area (Å²) in [6.07, 6.45) is 0. The highest BCUT2D eigenvalue weighted by Gasteiger charge is 2.20. The van der Waals surface area contributed by atoms with Crippen LogP contribution in [-0.4, -0.2) is 24.7 Å². The van der Waals surface area contributed by atoms with Gasteiger partial charge in [-0.3, -0.25) is 0 Å². The topological polar surface area (TPSA) is 48.4 Å². The van der Waals surface area contributed by atoms with Crippen molar-refractivity contribution in [3.05, 3.63) is 34.5 Å². The van der Waals surface area contributed by atoms with Crippen molar-refractivity contribution in [2.24, 2.45) is 0 Å². The quantitative estimate of drug-likeness (QED) is 0.808. The van der Waals surface area contributed by atoms with Gasteiger partial charge in [-0.15, -0.1) is 0 Å². The van der Waals surface area contributed by atoms with Crippen molar-refractivity contribution in [1.82, 2.24) is 4.98 Å². The van der Waals surface area contributed by atoms with Crippen molar-refractivity contribution in [2.45, 2.75) is 13.8 Å². The zero-order valence-corrected chi connectivity index (χ0v) is 11.7. The van der Waals surface area contributed by atoms with Crippen LogP contribution in [0.3, 0.4) is 0 Å². The molecule has 0 aliphatic heterocycles. The number of halogens is 1. The second-order valence-electron chi connectivity index (χ2n) is 3.96. The zero-order valence-electron chi connectivity index (χ0n) is 11.0. The van der Waals surface area contributed by atoms with Crippen molar-refractivity contribution in [3.63, 3.8) is 0 Å². The minimum absolute atomic E-state index is 0.296. The third kappa shape index (κ3) is 2.36. The van der Waals surface area contributed by atoms with E-state index in [2.05, 4.69) is 4.98 Å². The van der Waals surface area contributed by atoms with Crippen LogP contribution >= 0.6 is 11.6 Å². The Morgan fingerprint density at radius 1 is 1.42 bits per heavy atom. The second kappa shape index (κ2) is 5.45. The Bertz CT molecular complexity index is 640. The summed E-state index contributed by atoms with van der Waals surface area (Å²) in [4.78, 5) is 16.3. The fourth-order valence-corrected chi connectivity index (χ4v) is 2.30. The number of esters is 1. The first-order valence-corrected chi connectivity index (χ1v) is 6.27. The SMILES string of the molecule is CCOC(=O)c1c(C)nc2c(OC)cccc2c1Cl. The van der Waals surface area contributed by atoms with Crippen molar-refractivity contribution < 1.29 is 14.3 Å². The van der Waals surface area contributed by atoms with Crippen molar-refractivity contribution in [1.29, 1.82) is 0 Å². The highest BCUT2D eigenvalue weighted by atomic mass is 35.5. The molecule has 0 fully saturated rings. The molecule has 2 aromatic rings. The maximum atomic E-state index is 11.9. The molecule has 2 rings (SSSR count). The second-order valence-corrected chi connectivity index (χ2v) is 4.34. The number of methoxy groups -OCH3 is 1. The first-order chi connectivity index (χ1) is 9.10. The molecule has 5 heteroatoms. The van der Waals surface area contributed by atoms with E-state index < -0.39 is 5.97 Å². The Balaban J connectivity index is 2.73. The normalized spacial score (nSPS) is 10.5. The molecule has 1 heterocycles. The number of rotatable bonds is 3. The Morgan fingerprint density at radius 3 is 2.79 bits per heavy atom. The predicted octanol–water partition coefficient (Wildman–Crippen LogP) is 3.38. The lowest BCUT2D eigenvalue weighted by atomic mass is 10.1. The van der Waals surface area contributed by atoms with Crippen molar-refractivity contribution in [2.75, 3.05) is 13.7 Å². The maximum absolute atomic E-state index is 11.9. The lowest BCUT2D eigenvalue weighted by molar-refractivity contribution is 0.0525. The average Bonchev–Trinajstić information content (AvgIpc) is 2.38. The Morgan fingerprint density at radius 2 is 2.16 bits per heavy atom. The number of carbonyl (C=O) groups is 1. The predicted molar refractivity (Wildman–Crippen MR) is 74.0 cm³/mol. The fraction of sp³-hybridized carbons (Fsp3) is 0.286. The number of aromatic nitrogens is 1. The minimum Gasteiger partial charge on any atom is -0.494 e. The molecule has 0 aliphatic rings. The number of benzene rings is 1. The summed E-state index contributed by atoms with van der Waals surface area (Å²) in [5.74, 6) is 0.167. The van der Waals surface area contributed by atoms with Crippen molar-refractivity contribution in [3.8, 4) is 5.75 Å². The molecule has 0 unspecified atom stereocenters. The van der Waals surface area contributed by atoms with Gasteiger partial charge in [-0.2, -0.15) is 0 Å². The smallest absolute Gasteiger partial charge is 0.341 e. The van der Waals surface area contributed by atoms with Crippen LogP contribution < -0.4 is 4.74 Å². The standard InChI is InChI=1S/C14H14ClNO3/c1-4-19-14(17)11-8(2)16-13-9(12(11)15)6-5-7-10(13)18-3/h5-7H,4H2,1-3H3. The van der Waals surface area contributed by atoms with Gasteiger partial charge in [0.1, 0.15) is 16.8 Å². The molecule has 1 aromatic carbocycles. The van der Waals surface area contributed by atoms with E-state index in [4.69, 9.17) is 21.1 Å². The number of pyridine rings is 1. The Labute approximate surface area is 116 Å². The fourth-order valence-electron chi connectivity index (χ4n) is 1.94. The van der Waals surface area contributed by atoms with Crippen LogP contribution in [0.15, 0.2) is 18.2 Å². The van der Waals surface area contributed by atoms with Gasteiger partial charge in [-0.1, -0.05) is 23.7 Å². The molecule has 19 heavy (non-hydrogen) atoms. The van der Waals surface area contributed by atoms with Gasteiger partial charge in [0.25, 0.3) is 0 Å². The number of carbonyl (C=O) groups excluding carboxylic acids is 1. The molecule has 0 saturated carbocycles. The van der Waals surface area contributed by atoms with Gasteiger partial charge < -0.3 is 9.47 Å². The van der Waals surface area contributed by atoms with Crippen LogP contribution in [0.4, 0.5) is 0 Å². The van der Waals surface area contributed by atoms with Gasteiger partial charge in [0.15, 0.2) is 0 Å². The third-order valence-corrected chi connectivity index (χ3v) is 3.19. The van der Waals surface area contributed by atoms with E-state index in [-0.39, 0.29) is 0 Å². The number of hydrogen-bond acceptors (Lipinski definition) is 4. The van der Waals surface area contributed by atoms with E-state index in [1.807, 2.05) is 0 Å². The van der Waals surface area contributed by atoms with Crippen LogP contribution in [-0.2, 0) is 4.74 Å². The molecule has 0 radical (unpaired) electrons.